The van der Waals surface area contributed by atoms with Crippen LogP contribution in [-0.2, 0) is 11.2 Å². The fraction of sp³-hybridized carbons (Fsp3) is 0.481. The molecule has 2 aliphatic carbocycles. The highest BCUT2D eigenvalue weighted by atomic mass is 32.2. The summed E-state index contributed by atoms with van der Waals surface area (Å²) in [5, 5.41) is 0. The van der Waals surface area contributed by atoms with Gasteiger partial charge in [0.15, 0.2) is 0 Å². The van der Waals surface area contributed by atoms with Crippen LogP contribution < -0.4 is 10.5 Å². The molecule has 1 saturated heterocycles. The maximum absolute atomic E-state index is 13.5. The molecule has 2 bridgehead atoms. The van der Waals surface area contributed by atoms with E-state index in [-0.39, 0.29) is 5.91 Å². The number of rotatable bonds is 9. The van der Waals surface area contributed by atoms with E-state index in [2.05, 4.69) is 24.3 Å². The van der Waals surface area contributed by atoms with Crippen molar-refractivity contribution in [3.63, 3.8) is 0 Å². The summed E-state index contributed by atoms with van der Waals surface area (Å²) in [4.78, 5) is 18.6. The number of thiocarbonyl (C=S) groups is 1. The first-order valence-electron chi connectivity index (χ1n) is 12.3. The second-order valence-corrected chi connectivity index (χ2v) is 12.4. The van der Waals surface area contributed by atoms with Crippen LogP contribution in [0.5, 0.6) is 5.75 Å². The number of unbranched alkanes of at least 4 members (excludes halogenated alkanes) is 2. The zero-order valence-electron chi connectivity index (χ0n) is 19.6. The maximum atomic E-state index is 13.5. The molecule has 2 aromatic rings. The van der Waals surface area contributed by atoms with Crippen molar-refractivity contribution in [2.75, 3.05) is 13.7 Å². The Labute approximate surface area is 215 Å². The number of benzene rings is 1. The number of nitrogens with two attached hydrogens (primary N) is 1. The monoisotopic (exact) mass is 512 g/mol. The van der Waals surface area contributed by atoms with Crippen LogP contribution in [-0.4, -0.2) is 34.8 Å². The average Bonchev–Trinajstić information content (AvgIpc) is 3.62. The van der Waals surface area contributed by atoms with Crippen LogP contribution in [0.25, 0.3) is 16.5 Å². The van der Waals surface area contributed by atoms with E-state index in [0.717, 1.165) is 65.1 Å². The summed E-state index contributed by atoms with van der Waals surface area (Å²) >= 11 is 8.94. The molecule has 7 heteroatoms. The minimum absolute atomic E-state index is 0.109. The molecule has 3 unspecified atom stereocenters. The van der Waals surface area contributed by atoms with Crippen molar-refractivity contribution in [1.29, 1.82) is 0 Å². The molecule has 5 rings (SSSR count). The summed E-state index contributed by atoms with van der Waals surface area (Å²) in [6, 6.07) is 10.8. The quantitative estimate of drug-likeness (QED) is 0.237. The summed E-state index contributed by atoms with van der Waals surface area (Å²) in [7, 11) is 1.69. The predicted molar refractivity (Wildman–Crippen MR) is 147 cm³/mol. The average molecular weight is 513 g/mol. The van der Waals surface area contributed by atoms with E-state index in [1.165, 1.54) is 46.3 Å². The zero-order valence-corrected chi connectivity index (χ0v) is 22.1. The number of carbonyl (C=O) groups excluding carboxylic acids is 1. The van der Waals surface area contributed by atoms with Gasteiger partial charge in [-0.1, -0.05) is 49.0 Å². The lowest BCUT2D eigenvalue weighted by Crippen LogP contribution is -2.41. The van der Waals surface area contributed by atoms with Crippen molar-refractivity contribution in [3.05, 3.63) is 45.7 Å². The molecule has 1 amide bonds. The Balaban J connectivity index is 1.42. The van der Waals surface area contributed by atoms with Gasteiger partial charge in [-0.05, 0) is 92.3 Å². The smallest absolute Gasteiger partial charge is 0.266 e. The number of amides is 1. The summed E-state index contributed by atoms with van der Waals surface area (Å²) in [5.41, 5.74) is 8.13. The van der Waals surface area contributed by atoms with E-state index >= 15 is 0 Å². The van der Waals surface area contributed by atoms with Crippen molar-refractivity contribution >= 4 is 51.6 Å². The summed E-state index contributed by atoms with van der Waals surface area (Å²) in [5.74, 6) is 2.37. The number of fused-ring (bicyclic) bond motifs is 2. The van der Waals surface area contributed by atoms with Gasteiger partial charge in [-0.3, -0.25) is 9.69 Å². The van der Waals surface area contributed by atoms with Crippen LogP contribution in [0.3, 0.4) is 0 Å². The highest BCUT2D eigenvalue weighted by molar-refractivity contribution is 8.26. The van der Waals surface area contributed by atoms with Gasteiger partial charge in [-0.2, -0.15) is 0 Å². The van der Waals surface area contributed by atoms with Gasteiger partial charge >= 0.3 is 0 Å². The molecular weight excluding hydrogens is 481 g/mol. The molecule has 180 valence electrons. The molecular formula is C27H32N2O2S3. The third kappa shape index (κ3) is 4.85. The Bertz CT molecular complexity index is 1110. The summed E-state index contributed by atoms with van der Waals surface area (Å²) in [6.07, 6.45) is 11.3. The molecule has 3 atom stereocenters. The van der Waals surface area contributed by atoms with Crippen LogP contribution >= 0.6 is 35.3 Å². The topological polar surface area (TPSA) is 55.6 Å². The fourth-order valence-corrected chi connectivity index (χ4v) is 8.31. The second-order valence-electron chi connectivity index (χ2n) is 9.63. The molecule has 2 heterocycles. The first-order valence-corrected chi connectivity index (χ1v) is 14.4. The van der Waals surface area contributed by atoms with Gasteiger partial charge in [0.2, 0.25) is 0 Å². The van der Waals surface area contributed by atoms with E-state index in [0.29, 0.717) is 12.0 Å². The molecule has 3 aliphatic rings. The molecule has 1 aliphatic heterocycles. The number of aryl methyl sites for hydroxylation is 1. The number of methoxy groups -OCH3 is 1. The van der Waals surface area contributed by atoms with Crippen molar-refractivity contribution < 1.29 is 9.53 Å². The van der Waals surface area contributed by atoms with Crippen LogP contribution in [0.1, 0.15) is 55.4 Å². The Morgan fingerprint density at radius 2 is 2.09 bits per heavy atom. The first-order chi connectivity index (χ1) is 16.6. The molecule has 0 radical (unpaired) electrons. The second kappa shape index (κ2) is 10.5. The number of carbonyl (C=O) groups is 1. The Hall–Kier alpha value is -1.67. The summed E-state index contributed by atoms with van der Waals surface area (Å²) in [6.45, 7) is 0.733. The number of thioether (sulfide) groups is 1. The highest BCUT2D eigenvalue weighted by Gasteiger charge is 2.48. The molecule has 1 aromatic heterocycles. The Morgan fingerprint density at radius 3 is 2.82 bits per heavy atom. The standard InChI is InChI=1S/C27H32N2O2S3/c1-31-21-8-5-7-19(14-21)23-15-20(6-3-2-4-11-28)24(33-23)16-25-26(30)29(27(32)34-25)22-13-17-9-10-18(22)12-17/h5,7-8,14-18,22H,2-4,6,9-13,28H2,1H3/b25-16+. The van der Waals surface area contributed by atoms with Crippen molar-refractivity contribution in [3.8, 4) is 16.2 Å². The fourth-order valence-electron chi connectivity index (χ4n) is 5.73. The lowest BCUT2D eigenvalue weighted by atomic mass is 9.94. The first kappa shape index (κ1) is 24.0. The lowest BCUT2D eigenvalue weighted by molar-refractivity contribution is -0.124. The predicted octanol–water partition coefficient (Wildman–Crippen LogP) is 6.49. The largest absolute Gasteiger partial charge is 0.497 e. The molecule has 0 spiro atoms. The van der Waals surface area contributed by atoms with Gasteiger partial charge in [0.1, 0.15) is 10.1 Å². The number of ether oxygens (including phenoxy) is 1. The van der Waals surface area contributed by atoms with Crippen LogP contribution in [0.2, 0.25) is 0 Å². The number of nitrogens with zero attached hydrogens (tertiary/aromatic N) is 1. The van der Waals surface area contributed by atoms with Crippen LogP contribution in [0.15, 0.2) is 35.2 Å². The van der Waals surface area contributed by atoms with Crippen molar-refractivity contribution in [2.24, 2.45) is 17.6 Å². The maximum Gasteiger partial charge on any atom is 0.266 e. The third-order valence-electron chi connectivity index (χ3n) is 7.46. The molecule has 1 aromatic carbocycles. The van der Waals surface area contributed by atoms with Gasteiger partial charge in [-0.25, -0.2) is 0 Å². The van der Waals surface area contributed by atoms with Gasteiger partial charge in [0.25, 0.3) is 5.91 Å². The SMILES string of the molecule is COc1cccc(-c2cc(CCCCCN)c(/C=C3/SC(=S)N(C4CC5CCC4C5)C3=O)s2)c1. The van der Waals surface area contributed by atoms with Gasteiger partial charge in [0, 0.05) is 15.8 Å². The molecule has 3 fully saturated rings. The normalized spacial score (nSPS) is 25.2. The molecule has 2 N–H and O–H groups in total. The van der Waals surface area contributed by atoms with Gasteiger partial charge in [-0.15, -0.1) is 11.3 Å². The van der Waals surface area contributed by atoms with E-state index in [1.54, 1.807) is 18.4 Å². The number of hydrogen-bond acceptors (Lipinski definition) is 6. The minimum atomic E-state index is 0.109. The third-order valence-corrected chi connectivity index (χ3v) is 9.97. The number of hydrogen-bond donors (Lipinski definition) is 1. The highest BCUT2D eigenvalue weighted by Crippen LogP contribution is 2.49. The Kier molecular flexibility index (Phi) is 7.44. The van der Waals surface area contributed by atoms with E-state index in [4.69, 9.17) is 22.7 Å². The zero-order chi connectivity index (χ0) is 23.7. The summed E-state index contributed by atoms with van der Waals surface area (Å²) < 4.78 is 6.17. The molecule has 34 heavy (non-hydrogen) atoms. The van der Waals surface area contributed by atoms with Crippen molar-refractivity contribution in [2.45, 2.75) is 57.4 Å². The van der Waals surface area contributed by atoms with Crippen molar-refractivity contribution in [1.82, 2.24) is 4.90 Å². The minimum Gasteiger partial charge on any atom is -0.497 e. The lowest BCUT2D eigenvalue weighted by Gasteiger charge is -2.30. The molecule has 4 nitrogen and oxygen atoms in total. The van der Waals surface area contributed by atoms with Crippen LogP contribution in [0, 0.1) is 11.8 Å². The Morgan fingerprint density at radius 1 is 1.21 bits per heavy atom. The van der Waals surface area contributed by atoms with E-state index in [9.17, 15) is 4.79 Å². The van der Waals surface area contributed by atoms with Crippen LogP contribution in [0.4, 0.5) is 0 Å². The van der Waals surface area contributed by atoms with Gasteiger partial charge < -0.3 is 10.5 Å². The van der Waals surface area contributed by atoms with Gasteiger partial charge in [0.05, 0.1) is 12.0 Å². The van der Waals surface area contributed by atoms with E-state index < -0.39 is 0 Å². The molecule has 2 saturated carbocycles. The van der Waals surface area contributed by atoms with E-state index in [1.807, 2.05) is 17.0 Å². The number of thiophene rings is 1.